The van der Waals surface area contributed by atoms with Gasteiger partial charge in [-0.05, 0) is 74.4 Å². The molecule has 9 rings (SSSR count). The number of nitrogens with one attached hydrogen (secondary N) is 4. The first-order valence-corrected chi connectivity index (χ1v) is 41.2. The summed E-state index contributed by atoms with van der Waals surface area (Å²) < 4.78 is 111. The lowest BCUT2D eigenvalue weighted by Crippen LogP contribution is -2.41. The number of hydrogen-bond donors (Lipinski definition) is 11. The lowest BCUT2D eigenvalue weighted by atomic mass is 10.1. The number of hydrogen-bond acceptors (Lipinski definition) is 32. The number of aryl methyl sites for hydroxylation is 3. The molecular formula is C46H66N11O29P5S5. The van der Waals surface area contributed by atoms with Crippen LogP contribution in [0.3, 0.4) is 0 Å². The van der Waals surface area contributed by atoms with E-state index in [1.807, 2.05) is 0 Å². The summed E-state index contributed by atoms with van der Waals surface area (Å²) in [6, 6.07) is 0. The Morgan fingerprint density at radius 1 is 0.573 bits per heavy atom. The minimum absolute atomic E-state index is 0.00861. The van der Waals surface area contributed by atoms with E-state index in [0.717, 1.165) is 40.3 Å². The van der Waals surface area contributed by atoms with Gasteiger partial charge in [-0.25, -0.2) is 23.9 Å². The molecule has 50 heteroatoms. The van der Waals surface area contributed by atoms with Crippen LogP contribution in [0, 0.1) is 20.8 Å². The van der Waals surface area contributed by atoms with Gasteiger partial charge < -0.3 is 95.0 Å². The van der Waals surface area contributed by atoms with E-state index < -0.39 is 185 Å². The summed E-state index contributed by atoms with van der Waals surface area (Å²) in [6.07, 6.45) is -15.6. The van der Waals surface area contributed by atoms with Gasteiger partial charge in [0, 0.05) is 76.1 Å². The van der Waals surface area contributed by atoms with Crippen molar-refractivity contribution in [1.29, 1.82) is 0 Å². The van der Waals surface area contributed by atoms with Crippen LogP contribution in [0.15, 0.2) is 58.5 Å². The molecule has 534 valence electrons. The van der Waals surface area contributed by atoms with Crippen LogP contribution in [0.1, 0.15) is 60.9 Å². The van der Waals surface area contributed by atoms with Crippen molar-refractivity contribution in [2.75, 3.05) is 66.7 Å². The lowest BCUT2D eigenvalue weighted by Gasteiger charge is -2.29. The molecule has 0 radical (unpaired) electrons. The van der Waals surface area contributed by atoms with E-state index in [1.54, 1.807) is 0 Å². The number of nitrogens with two attached hydrogens (primary N) is 1. The van der Waals surface area contributed by atoms with Crippen LogP contribution in [-0.2, 0) is 125 Å². The second-order valence-corrected chi connectivity index (χ2v) is 35.7. The van der Waals surface area contributed by atoms with Crippen molar-refractivity contribution < 1.29 is 103 Å². The Morgan fingerprint density at radius 3 is 1.45 bits per heavy atom. The zero-order valence-electron chi connectivity index (χ0n) is 50.9. The van der Waals surface area contributed by atoms with Crippen molar-refractivity contribution in [2.45, 2.75) is 126 Å². The third kappa shape index (κ3) is 18.4. The molecule has 19 atom stereocenters. The Balaban J connectivity index is 0.952. The number of thiol groups is 1. The number of nitrogens with zero attached hydrogens (tertiary/aromatic N) is 6. The molecule has 4 aliphatic heterocycles. The summed E-state index contributed by atoms with van der Waals surface area (Å²) in [7, 11) is 3.47. The van der Waals surface area contributed by atoms with Crippen molar-refractivity contribution in [3.8, 4) is 0 Å². The maximum atomic E-state index is 13.6. The number of aromatic nitrogens is 10. The van der Waals surface area contributed by atoms with Crippen LogP contribution in [0.4, 0.5) is 5.95 Å². The summed E-state index contributed by atoms with van der Waals surface area (Å²) in [5.41, 5.74) is 0.166. The predicted octanol–water partition coefficient (Wildman–Crippen LogP) is -0.765. The Labute approximate surface area is 565 Å². The molecule has 5 aromatic rings. The Kier molecular flexibility index (Phi) is 25.1. The smallest absolute Gasteiger partial charge is 0.386 e. The van der Waals surface area contributed by atoms with Gasteiger partial charge in [-0.15, -0.1) is 0 Å². The Morgan fingerprint density at radius 2 is 0.990 bits per heavy atom. The lowest BCUT2D eigenvalue weighted by molar-refractivity contribution is -0.0639. The number of aliphatic hydroxyl groups is 1. The molecule has 0 amide bonds. The van der Waals surface area contributed by atoms with E-state index >= 15 is 0 Å². The highest BCUT2D eigenvalue weighted by atomic mass is 32.7. The molecule has 96 heavy (non-hydrogen) atoms. The summed E-state index contributed by atoms with van der Waals surface area (Å²) in [5.74, 6) is -0.241. The molecule has 11 unspecified atom stereocenters. The van der Waals surface area contributed by atoms with E-state index in [4.69, 9.17) is 127 Å². The predicted molar refractivity (Wildman–Crippen MR) is 348 cm³/mol. The number of imidazole rings is 1. The fourth-order valence-electron chi connectivity index (χ4n) is 10.4. The molecule has 5 aromatic heterocycles. The molecule has 0 bridgehead atoms. The van der Waals surface area contributed by atoms with Crippen molar-refractivity contribution in [3.63, 3.8) is 0 Å². The van der Waals surface area contributed by atoms with Crippen molar-refractivity contribution >= 4 is 110 Å². The van der Waals surface area contributed by atoms with Gasteiger partial charge in [0.2, 0.25) is 5.95 Å². The molecule has 9 heterocycles. The Hall–Kier alpha value is -3.47. The van der Waals surface area contributed by atoms with E-state index in [2.05, 4.69) is 42.2 Å². The molecule has 4 saturated heterocycles. The summed E-state index contributed by atoms with van der Waals surface area (Å²) in [6.45, 7) is -21.5. The highest BCUT2D eigenvalue weighted by Crippen LogP contribution is 2.58. The fraction of sp³-hybridized carbons (Fsp3) is 0.630. The summed E-state index contributed by atoms with van der Waals surface area (Å²) in [5, 5.41) is 9.32. The first kappa shape index (κ1) is 76.7. The fourth-order valence-corrected chi connectivity index (χ4v) is 17.0. The second kappa shape index (κ2) is 31.4. The standard InChI is InChI=1S/C46H66N11O29P5S5/c1-20-12-54(44(63)51-37(20)59)29-10-23(26(79-29)16-76-89(68,94)84-24-11-30(80-25(24)15-75-87(66,92)73-6)57-19-48-31-36(57)49-43(47)50-40(31)62)83-90(69,95)77-17-27-33(35(72-5)42(81-27)56-14-22(3)39(61)53-46(56)65)86-91(70,96)78-18-28-32(85-88(67,93)74-9-7-8-58)34(71-4)41(82-28)55-13-21(2)38(60)52-45(55)64/h12-14,19,23-30,32-35,41-42,58H,7-11,15-18H2,1-6H3,(H,66,92)(H,67,93)(H,68,94)(H,69,95)(H,70,96)(H,51,59,63)(H,52,60,64)(H,53,61,65)(H3,47,49,50,62)/t23?,24?,25-,26-,27-,28-,29-,30-,32?,33?,34?,35?,41-,42-,87?,88?,89?,90?,91?/m1/s1. The molecule has 0 aromatic carbocycles. The third-order valence-electron chi connectivity index (χ3n) is 15.0. The molecule has 0 aliphatic carbocycles. The van der Waals surface area contributed by atoms with Crippen LogP contribution in [-0.4, -0.2) is 195 Å². The van der Waals surface area contributed by atoms with Gasteiger partial charge in [-0.1, -0.05) is 12.2 Å². The average Bonchev–Trinajstić information content (AvgIpc) is 1.63. The van der Waals surface area contributed by atoms with Crippen molar-refractivity contribution in [3.05, 3.63) is 114 Å². The van der Waals surface area contributed by atoms with Gasteiger partial charge in [0.1, 0.15) is 61.3 Å². The van der Waals surface area contributed by atoms with Gasteiger partial charge >= 0.3 is 50.7 Å². The van der Waals surface area contributed by atoms with Crippen LogP contribution in [0.25, 0.3) is 11.2 Å². The van der Waals surface area contributed by atoms with Crippen molar-refractivity contribution in [2.24, 2.45) is 0 Å². The second-order valence-electron chi connectivity index (χ2n) is 21.5. The average molecular weight is 1550 g/mol. The quantitative estimate of drug-likeness (QED) is 0.0147. The number of H-pyrrole nitrogens is 4. The minimum atomic E-state index is -4.74. The van der Waals surface area contributed by atoms with Gasteiger partial charge in [-0.2, -0.15) is 4.98 Å². The number of aromatic amines is 4. The van der Waals surface area contributed by atoms with Gasteiger partial charge in [0.05, 0.1) is 51.6 Å². The first-order valence-electron chi connectivity index (χ1n) is 28.2. The number of methoxy groups -OCH3 is 2. The highest BCUT2D eigenvalue weighted by molar-refractivity contribution is 8.44. The molecule has 0 spiro atoms. The van der Waals surface area contributed by atoms with E-state index in [0.29, 0.717) is 0 Å². The van der Waals surface area contributed by atoms with E-state index in [9.17, 15) is 62.8 Å². The normalized spacial score (nSPS) is 29.3. The topological polar surface area (TPSA) is 520 Å². The van der Waals surface area contributed by atoms with Crippen LogP contribution in [0.5, 0.6) is 0 Å². The van der Waals surface area contributed by atoms with Crippen LogP contribution in [0.2, 0.25) is 0 Å². The third-order valence-corrected chi connectivity index (χ3v) is 23.1. The molecule has 11 N–H and O–H groups in total. The molecule has 40 nitrogen and oxygen atoms in total. The Bertz CT molecular complexity index is 4360. The zero-order valence-corrected chi connectivity index (χ0v) is 59.5. The molecule has 0 saturated carbocycles. The minimum Gasteiger partial charge on any atom is -0.396 e. The summed E-state index contributed by atoms with van der Waals surface area (Å²) in [4.78, 5) is 153. The van der Waals surface area contributed by atoms with Gasteiger partial charge in [0.15, 0.2) is 23.6 Å². The first-order chi connectivity index (χ1) is 45.0. The monoisotopic (exact) mass is 1550 g/mol. The van der Waals surface area contributed by atoms with Gasteiger partial charge in [-0.3, -0.25) is 66.4 Å². The zero-order chi connectivity index (χ0) is 70.1. The van der Waals surface area contributed by atoms with E-state index in [1.165, 1.54) is 45.0 Å². The van der Waals surface area contributed by atoms with Crippen molar-refractivity contribution in [1.82, 2.24) is 48.2 Å². The number of ether oxygens (including phenoxy) is 6. The molecule has 4 aliphatic rings. The number of rotatable bonds is 31. The maximum Gasteiger partial charge on any atom is 0.386 e. The van der Waals surface area contributed by atoms with Gasteiger partial charge in [0.25, 0.3) is 22.2 Å². The van der Waals surface area contributed by atoms with Crippen LogP contribution < -0.4 is 45.0 Å². The SMILES string of the molecule is COC1C(OP(=O)(S)OCCCO)[C@@H](COP(O)(=S)OC2C(OC)[C@H](n3cc(C)c(=O)[nH]c3=O)O[C@@H]2COP(O)(=S)OC2C[C@H](n3cc(C)c(=O)[nH]c3=O)O[C@@H]2COP(O)(=S)OC2C[C@H](n3cnc4c(=O)[nH]c(N)nc43)O[C@@H]2COP(O)(=S)OC)O[C@H]1n1cc(C)c(=O)[nH]c1=O. The number of anilines is 1. The highest BCUT2D eigenvalue weighted by Gasteiger charge is 2.54. The molecule has 4 fully saturated rings. The van der Waals surface area contributed by atoms with Crippen LogP contribution >= 0.6 is 45.9 Å². The number of nitrogen functional groups attached to an aromatic ring is 1. The number of fused-ring (bicyclic) bond motifs is 1. The number of aliphatic hydroxyl groups excluding tert-OH is 1. The molecular weight excluding hydrogens is 1490 g/mol. The maximum absolute atomic E-state index is 13.6. The van der Waals surface area contributed by atoms with E-state index in [-0.39, 0.29) is 66.3 Å². The largest absolute Gasteiger partial charge is 0.396 e. The summed E-state index contributed by atoms with van der Waals surface area (Å²) >= 11 is 25.6.